The highest BCUT2D eigenvalue weighted by atomic mass is 32.1. The second kappa shape index (κ2) is 7.05. The molecule has 0 fully saturated rings. The first-order valence-electron chi connectivity index (χ1n) is 6.23. The zero-order valence-electron chi connectivity index (χ0n) is 10.6. The van der Waals surface area contributed by atoms with Gasteiger partial charge in [0.05, 0.1) is 0 Å². The van der Waals surface area contributed by atoms with Crippen LogP contribution in [0.5, 0.6) is 0 Å². The summed E-state index contributed by atoms with van der Waals surface area (Å²) < 4.78 is 0. The van der Waals surface area contributed by atoms with Gasteiger partial charge in [-0.05, 0) is 37.3 Å². The van der Waals surface area contributed by atoms with Gasteiger partial charge in [0.2, 0.25) is 0 Å². The van der Waals surface area contributed by atoms with Crippen molar-refractivity contribution in [3.8, 4) is 0 Å². The number of nitrogens with one attached hydrogen (secondary N) is 1. The Morgan fingerprint density at radius 3 is 2.50 bits per heavy atom. The SMILES string of the molecule is CCc1ccc(CC(CC(C)CC)NN)s1. The van der Waals surface area contributed by atoms with Crippen LogP contribution in [-0.4, -0.2) is 6.04 Å². The second-order valence-corrected chi connectivity index (χ2v) is 5.79. The predicted molar refractivity (Wildman–Crippen MR) is 72.6 cm³/mol. The monoisotopic (exact) mass is 240 g/mol. The maximum Gasteiger partial charge on any atom is 0.0261 e. The van der Waals surface area contributed by atoms with Crippen molar-refractivity contribution in [1.82, 2.24) is 5.43 Å². The molecular formula is C13H24N2S. The molecular weight excluding hydrogens is 216 g/mol. The van der Waals surface area contributed by atoms with Gasteiger partial charge in [-0.25, -0.2) is 0 Å². The van der Waals surface area contributed by atoms with Gasteiger partial charge in [-0.3, -0.25) is 11.3 Å². The van der Waals surface area contributed by atoms with Crippen molar-refractivity contribution in [3.05, 3.63) is 21.9 Å². The molecule has 1 rings (SSSR count). The van der Waals surface area contributed by atoms with Gasteiger partial charge < -0.3 is 0 Å². The van der Waals surface area contributed by atoms with Gasteiger partial charge in [0, 0.05) is 15.8 Å². The molecule has 0 aliphatic rings. The average molecular weight is 240 g/mol. The number of hydrazine groups is 1. The molecule has 0 spiro atoms. The molecule has 2 nitrogen and oxygen atoms in total. The van der Waals surface area contributed by atoms with Crippen molar-refractivity contribution in [2.45, 2.75) is 52.5 Å². The lowest BCUT2D eigenvalue weighted by molar-refractivity contribution is 0.398. The summed E-state index contributed by atoms with van der Waals surface area (Å²) in [5, 5.41) is 0. The summed E-state index contributed by atoms with van der Waals surface area (Å²) in [6.45, 7) is 6.72. The first-order chi connectivity index (χ1) is 7.69. The zero-order chi connectivity index (χ0) is 12.0. The normalized spacial score (nSPS) is 15.0. The average Bonchev–Trinajstić information content (AvgIpc) is 2.75. The minimum absolute atomic E-state index is 0.415. The van der Waals surface area contributed by atoms with Crippen molar-refractivity contribution < 1.29 is 0 Å². The van der Waals surface area contributed by atoms with E-state index in [9.17, 15) is 0 Å². The summed E-state index contributed by atoms with van der Waals surface area (Å²) in [6.07, 6.45) is 4.58. The summed E-state index contributed by atoms with van der Waals surface area (Å²) in [6, 6.07) is 4.89. The highest BCUT2D eigenvalue weighted by molar-refractivity contribution is 7.11. The fourth-order valence-corrected chi connectivity index (χ4v) is 2.87. The van der Waals surface area contributed by atoms with Crippen LogP contribution in [0.4, 0.5) is 0 Å². The lowest BCUT2D eigenvalue weighted by Gasteiger charge is -2.18. The summed E-state index contributed by atoms with van der Waals surface area (Å²) >= 11 is 1.92. The molecule has 0 amide bonds. The number of nitrogens with two attached hydrogens (primary N) is 1. The number of thiophene rings is 1. The van der Waals surface area contributed by atoms with E-state index in [1.807, 2.05) is 11.3 Å². The maximum atomic E-state index is 5.62. The molecule has 3 heteroatoms. The largest absolute Gasteiger partial charge is 0.271 e. The lowest BCUT2D eigenvalue weighted by atomic mass is 9.97. The Morgan fingerprint density at radius 1 is 1.31 bits per heavy atom. The van der Waals surface area contributed by atoms with E-state index in [1.54, 1.807) is 0 Å². The van der Waals surface area contributed by atoms with E-state index in [-0.39, 0.29) is 0 Å². The first-order valence-corrected chi connectivity index (χ1v) is 7.04. The molecule has 2 unspecified atom stereocenters. The Bertz CT molecular complexity index is 296. The molecule has 16 heavy (non-hydrogen) atoms. The second-order valence-electron chi connectivity index (χ2n) is 4.54. The third-order valence-corrected chi connectivity index (χ3v) is 4.38. The van der Waals surface area contributed by atoms with Crippen LogP contribution in [0.15, 0.2) is 12.1 Å². The smallest absolute Gasteiger partial charge is 0.0261 e. The van der Waals surface area contributed by atoms with Gasteiger partial charge >= 0.3 is 0 Å². The van der Waals surface area contributed by atoms with Crippen molar-refractivity contribution in [1.29, 1.82) is 0 Å². The molecule has 92 valence electrons. The van der Waals surface area contributed by atoms with Gasteiger partial charge in [0.25, 0.3) is 0 Å². The third kappa shape index (κ3) is 4.24. The van der Waals surface area contributed by atoms with Crippen LogP contribution in [-0.2, 0) is 12.8 Å². The van der Waals surface area contributed by atoms with Gasteiger partial charge in [0.1, 0.15) is 0 Å². The van der Waals surface area contributed by atoms with E-state index in [0.717, 1.165) is 25.2 Å². The molecule has 0 saturated carbocycles. The highest BCUT2D eigenvalue weighted by Crippen LogP contribution is 2.20. The summed E-state index contributed by atoms with van der Waals surface area (Å²) in [5.41, 5.74) is 2.95. The van der Waals surface area contributed by atoms with E-state index in [2.05, 4.69) is 38.3 Å². The van der Waals surface area contributed by atoms with Crippen LogP contribution in [0.2, 0.25) is 0 Å². The first kappa shape index (κ1) is 13.7. The number of hydrogen-bond donors (Lipinski definition) is 2. The zero-order valence-corrected chi connectivity index (χ0v) is 11.4. The van der Waals surface area contributed by atoms with Gasteiger partial charge in [-0.15, -0.1) is 11.3 Å². The molecule has 0 bridgehead atoms. The van der Waals surface area contributed by atoms with Crippen molar-refractivity contribution in [3.63, 3.8) is 0 Å². The van der Waals surface area contributed by atoms with E-state index >= 15 is 0 Å². The van der Waals surface area contributed by atoms with Crippen LogP contribution >= 0.6 is 11.3 Å². The molecule has 0 aliphatic heterocycles. The van der Waals surface area contributed by atoms with E-state index in [4.69, 9.17) is 5.84 Å². The fourth-order valence-electron chi connectivity index (χ4n) is 1.83. The Morgan fingerprint density at radius 2 is 2.00 bits per heavy atom. The third-order valence-electron chi connectivity index (χ3n) is 3.13. The van der Waals surface area contributed by atoms with E-state index in [0.29, 0.717) is 6.04 Å². The molecule has 1 aromatic heterocycles. The summed E-state index contributed by atoms with van der Waals surface area (Å²) in [4.78, 5) is 2.91. The van der Waals surface area contributed by atoms with Crippen LogP contribution in [0.1, 0.15) is 43.4 Å². The molecule has 0 radical (unpaired) electrons. The molecule has 0 aromatic carbocycles. The molecule has 0 saturated heterocycles. The van der Waals surface area contributed by atoms with Gasteiger partial charge in [-0.1, -0.05) is 27.2 Å². The topological polar surface area (TPSA) is 38.0 Å². The number of rotatable bonds is 7. The maximum absolute atomic E-state index is 5.62. The quantitative estimate of drug-likeness (QED) is 0.567. The van der Waals surface area contributed by atoms with Crippen LogP contribution < -0.4 is 11.3 Å². The van der Waals surface area contributed by atoms with Crippen LogP contribution in [0.3, 0.4) is 0 Å². The molecule has 0 aliphatic carbocycles. The molecule has 3 N–H and O–H groups in total. The Kier molecular flexibility index (Phi) is 6.03. The van der Waals surface area contributed by atoms with E-state index < -0.39 is 0 Å². The fraction of sp³-hybridized carbons (Fsp3) is 0.692. The molecule has 1 heterocycles. The van der Waals surface area contributed by atoms with Crippen molar-refractivity contribution >= 4 is 11.3 Å². The Hall–Kier alpha value is -0.380. The Balaban J connectivity index is 2.49. The van der Waals surface area contributed by atoms with Gasteiger partial charge in [-0.2, -0.15) is 0 Å². The van der Waals surface area contributed by atoms with Crippen molar-refractivity contribution in [2.75, 3.05) is 0 Å². The molecule has 1 aromatic rings. The predicted octanol–water partition coefficient (Wildman–Crippen LogP) is 3.12. The minimum Gasteiger partial charge on any atom is -0.271 e. The number of hydrogen-bond acceptors (Lipinski definition) is 3. The van der Waals surface area contributed by atoms with Crippen molar-refractivity contribution in [2.24, 2.45) is 11.8 Å². The van der Waals surface area contributed by atoms with Crippen LogP contribution in [0.25, 0.3) is 0 Å². The van der Waals surface area contributed by atoms with E-state index in [1.165, 1.54) is 16.2 Å². The highest BCUT2D eigenvalue weighted by Gasteiger charge is 2.12. The standard InChI is InChI=1S/C13H24N2S/c1-4-10(3)8-11(15-14)9-13-7-6-12(5-2)16-13/h6-7,10-11,15H,4-5,8-9,14H2,1-3H3. The Labute approximate surface area is 103 Å². The van der Waals surface area contributed by atoms with Crippen LogP contribution in [0, 0.1) is 5.92 Å². The van der Waals surface area contributed by atoms with Gasteiger partial charge in [0.15, 0.2) is 0 Å². The summed E-state index contributed by atoms with van der Waals surface area (Å²) in [5.74, 6) is 6.36. The lowest BCUT2D eigenvalue weighted by Crippen LogP contribution is -2.37. The summed E-state index contributed by atoms with van der Waals surface area (Å²) in [7, 11) is 0. The molecule has 2 atom stereocenters. The minimum atomic E-state index is 0.415. The number of aryl methyl sites for hydroxylation is 1.